The molecule has 1 rings (SSSR count). The molecule has 0 spiro atoms. The van der Waals surface area contributed by atoms with Crippen LogP contribution in [-0.2, 0) is 4.79 Å². The third kappa shape index (κ3) is 4.31. The first-order valence-corrected chi connectivity index (χ1v) is 6.12. The van der Waals surface area contributed by atoms with E-state index in [1.807, 2.05) is 6.92 Å². The second kappa shape index (κ2) is 6.23. The van der Waals surface area contributed by atoms with Gasteiger partial charge in [0.05, 0.1) is 6.04 Å². The summed E-state index contributed by atoms with van der Waals surface area (Å²) in [6.07, 6.45) is 1.88. The van der Waals surface area contributed by atoms with Crippen molar-refractivity contribution in [3.8, 4) is 0 Å². The minimum absolute atomic E-state index is 0.0795. The normalized spacial score (nSPS) is 23.3. The van der Waals surface area contributed by atoms with Gasteiger partial charge in [-0.3, -0.25) is 4.79 Å². The smallest absolute Gasteiger partial charge is 0.150 e. The molecule has 0 aromatic carbocycles. The van der Waals surface area contributed by atoms with Gasteiger partial charge in [0.25, 0.3) is 0 Å². The SMILES string of the molecule is CCC(=O)C1CN(CCC(C)C)CCN1. The van der Waals surface area contributed by atoms with Crippen LogP contribution < -0.4 is 5.32 Å². The van der Waals surface area contributed by atoms with Gasteiger partial charge in [0.2, 0.25) is 0 Å². The zero-order valence-corrected chi connectivity index (χ0v) is 10.3. The Kier molecular flexibility index (Phi) is 5.26. The Labute approximate surface area is 93.2 Å². The van der Waals surface area contributed by atoms with Crippen molar-refractivity contribution in [3.63, 3.8) is 0 Å². The summed E-state index contributed by atoms with van der Waals surface area (Å²) in [5.41, 5.74) is 0. The number of piperazine rings is 1. The Morgan fingerprint density at radius 2 is 2.27 bits per heavy atom. The highest BCUT2D eigenvalue weighted by atomic mass is 16.1. The Morgan fingerprint density at radius 3 is 2.87 bits per heavy atom. The predicted molar refractivity (Wildman–Crippen MR) is 63.0 cm³/mol. The van der Waals surface area contributed by atoms with Crippen molar-refractivity contribution < 1.29 is 4.79 Å². The number of carbonyl (C=O) groups is 1. The summed E-state index contributed by atoms with van der Waals surface area (Å²) >= 11 is 0. The first kappa shape index (κ1) is 12.7. The van der Waals surface area contributed by atoms with Gasteiger partial charge in [0.15, 0.2) is 5.78 Å². The summed E-state index contributed by atoms with van der Waals surface area (Å²) < 4.78 is 0. The number of rotatable bonds is 5. The lowest BCUT2D eigenvalue weighted by atomic mass is 10.1. The van der Waals surface area contributed by atoms with Gasteiger partial charge in [0.1, 0.15) is 0 Å². The lowest BCUT2D eigenvalue weighted by Gasteiger charge is -2.33. The van der Waals surface area contributed by atoms with Crippen LogP contribution in [0, 0.1) is 5.92 Å². The zero-order valence-electron chi connectivity index (χ0n) is 10.3. The van der Waals surface area contributed by atoms with Crippen LogP contribution in [-0.4, -0.2) is 42.9 Å². The number of hydrogen-bond acceptors (Lipinski definition) is 3. The first-order valence-electron chi connectivity index (χ1n) is 6.12. The van der Waals surface area contributed by atoms with Crippen LogP contribution in [0.3, 0.4) is 0 Å². The van der Waals surface area contributed by atoms with Crippen LogP contribution in [0.25, 0.3) is 0 Å². The molecule has 1 aliphatic rings. The molecule has 0 radical (unpaired) electrons. The number of hydrogen-bond donors (Lipinski definition) is 1. The molecule has 1 N–H and O–H groups in total. The maximum Gasteiger partial charge on any atom is 0.150 e. The molecule has 1 fully saturated rings. The van der Waals surface area contributed by atoms with E-state index in [0.29, 0.717) is 12.2 Å². The Morgan fingerprint density at radius 1 is 1.53 bits per heavy atom. The number of nitrogens with one attached hydrogen (secondary N) is 1. The number of nitrogens with zero attached hydrogens (tertiary/aromatic N) is 1. The molecule has 0 amide bonds. The molecular formula is C12H24N2O. The van der Waals surface area contributed by atoms with Gasteiger partial charge in [-0.25, -0.2) is 0 Å². The number of ketones is 1. The zero-order chi connectivity index (χ0) is 11.3. The highest BCUT2D eigenvalue weighted by molar-refractivity contribution is 5.84. The Hall–Kier alpha value is -0.410. The number of Topliss-reactive ketones (excluding diaryl/α,β-unsaturated/α-hetero) is 1. The molecule has 1 aliphatic heterocycles. The number of carbonyl (C=O) groups excluding carboxylic acids is 1. The fourth-order valence-corrected chi connectivity index (χ4v) is 1.92. The molecule has 0 bridgehead atoms. The molecule has 3 heteroatoms. The molecule has 0 saturated carbocycles. The molecule has 1 unspecified atom stereocenters. The summed E-state index contributed by atoms with van der Waals surface area (Å²) in [5.74, 6) is 1.10. The minimum atomic E-state index is 0.0795. The van der Waals surface area contributed by atoms with E-state index in [9.17, 15) is 4.79 Å². The average Bonchev–Trinajstić information content (AvgIpc) is 2.25. The van der Waals surface area contributed by atoms with Crippen molar-refractivity contribution in [1.82, 2.24) is 10.2 Å². The molecule has 0 aliphatic carbocycles. The second-order valence-corrected chi connectivity index (χ2v) is 4.81. The van der Waals surface area contributed by atoms with E-state index in [2.05, 4.69) is 24.1 Å². The largest absolute Gasteiger partial charge is 0.305 e. The Bertz CT molecular complexity index is 204. The lowest BCUT2D eigenvalue weighted by Crippen LogP contribution is -2.54. The monoisotopic (exact) mass is 212 g/mol. The fourth-order valence-electron chi connectivity index (χ4n) is 1.92. The van der Waals surface area contributed by atoms with Crippen LogP contribution in [0.5, 0.6) is 0 Å². The highest BCUT2D eigenvalue weighted by Gasteiger charge is 2.23. The van der Waals surface area contributed by atoms with E-state index in [0.717, 1.165) is 32.1 Å². The van der Waals surface area contributed by atoms with Gasteiger partial charge in [-0.2, -0.15) is 0 Å². The van der Waals surface area contributed by atoms with E-state index in [-0.39, 0.29) is 6.04 Å². The molecule has 1 saturated heterocycles. The topological polar surface area (TPSA) is 32.3 Å². The van der Waals surface area contributed by atoms with E-state index < -0.39 is 0 Å². The third-order valence-electron chi connectivity index (χ3n) is 3.02. The molecule has 15 heavy (non-hydrogen) atoms. The van der Waals surface area contributed by atoms with E-state index in [4.69, 9.17) is 0 Å². The van der Waals surface area contributed by atoms with Gasteiger partial charge >= 0.3 is 0 Å². The highest BCUT2D eigenvalue weighted by Crippen LogP contribution is 2.06. The maximum absolute atomic E-state index is 11.6. The first-order chi connectivity index (χ1) is 7.13. The fraction of sp³-hybridized carbons (Fsp3) is 0.917. The van der Waals surface area contributed by atoms with E-state index >= 15 is 0 Å². The summed E-state index contributed by atoms with van der Waals surface area (Å²) in [7, 11) is 0. The van der Waals surface area contributed by atoms with Gasteiger partial charge < -0.3 is 10.2 Å². The lowest BCUT2D eigenvalue weighted by molar-refractivity contribution is -0.121. The van der Waals surface area contributed by atoms with Crippen molar-refractivity contribution >= 4 is 5.78 Å². The van der Waals surface area contributed by atoms with Crippen molar-refractivity contribution in [1.29, 1.82) is 0 Å². The van der Waals surface area contributed by atoms with Gasteiger partial charge in [-0.05, 0) is 18.9 Å². The van der Waals surface area contributed by atoms with Crippen LogP contribution in [0.15, 0.2) is 0 Å². The standard InChI is InChI=1S/C12H24N2O/c1-4-12(15)11-9-14(8-6-13-11)7-5-10(2)3/h10-11,13H,4-9H2,1-3H3. The quantitative estimate of drug-likeness (QED) is 0.745. The molecule has 88 valence electrons. The summed E-state index contributed by atoms with van der Waals surface area (Å²) in [6, 6.07) is 0.0795. The molecule has 3 nitrogen and oxygen atoms in total. The van der Waals surface area contributed by atoms with Crippen molar-refractivity contribution in [3.05, 3.63) is 0 Å². The van der Waals surface area contributed by atoms with Crippen molar-refractivity contribution in [2.45, 2.75) is 39.7 Å². The minimum Gasteiger partial charge on any atom is -0.305 e. The molecule has 0 aromatic heterocycles. The molecule has 1 atom stereocenters. The molecule has 0 aromatic rings. The summed E-state index contributed by atoms with van der Waals surface area (Å²) in [4.78, 5) is 14.0. The molecular weight excluding hydrogens is 188 g/mol. The maximum atomic E-state index is 11.6. The van der Waals surface area contributed by atoms with Crippen molar-refractivity contribution in [2.75, 3.05) is 26.2 Å². The van der Waals surface area contributed by atoms with Crippen LogP contribution in [0.4, 0.5) is 0 Å². The summed E-state index contributed by atoms with van der Waals surface area (Å²) in [6.45, 7) is 10.5. The van der Waals surface area contributed by atoms with E-state index in [1.54, 1.807) is 0 Å². The second-order valence-electron chi connectivity index (χ2n) is 4.81. The van der Waals surface area contributed by atoms with Gasteiger partial charge in [0, 0.05) is 26.1 Å². The van der Waals surface area contributed by atoms with Gasteiger partial charge in [-0.15, -0.1) is 0 Å². The van der Waals surface area contributed by atoms with Crippen molar-refractivity contribution in [2.24, 2.45) is 5.92 Å². The van der Waals surface area contributed by atoms with E-state index in [1.165, 1.54) is 6.42 Å². The Balaban J connectivity index is 2.32. The third-order valence-corrected chi connectivity index (χ3v) is 3.02. The predicted octanol–water partition coefficient (Wildman–Crippen LogP) is 1.29. The van der Waals surface area contributed by atoms with Crippen LogP contribution in [0.2, 0.25) is 0 Å². The summed E-state index contributed by atoms with van der Waals surface area (Å²) in [5, 5.41) is 3.30. The van der Waals surface area contributed by atoms with Gasteiger partial charge in [-0.1, -0.05) is 20.8 Å². The average molecular weight is 212 g/mol. The van der Waals surface area contributed by atoms with Crippen LogP contribution in [0.1, 0.15) is 33.6 Å². The molecule has 1 heterocycles. The van der Waals surface area contributed by atoms with Crippen LogP contribution >= 0.6 is 0 Å².